The first-order valence-electron chi connectivity index (χ1n) is 9.89. The summed E-state index contributed by atoms with van der Waals surface area (Å²) in [5, 5.41) is 12.7. The fourth-order valence-electron chi connectivity index (χ4n) is 3.78. The van der Waals surface area contributed by atoms with E-state index in [0.29, 0.717) is 18.5 Å². The highest BCUT2D eigenvalue weighted by molar-refractivity contribution is 6.01. The zero-order valence-electron chi connectivity index (χ0n) is 16.5. The lowest BCUT2D eigenvalue weighted by Crippen LogP contribution is -2.53. The average molecular weight is 380 g/mol. The second-order valence-electron chi connectivity index (χ2n) is 7.50. The predicted octanol–water partition coefficient (Wildman–Crippen LogP) is 2.78. The van der Waals surface area contributed by atoms with Gasteiger partial charge in [-0.15, -0.1) is 0 Å². The number of nitrogens with one attached hydrogen (secondary N) is 1. The van der Waals surface area contributed by atoms with Crippen molar-refractivity contribution < 1.29 is 14.7 Å². The predicted molar refractivity (Wildman–Crippen MR) is 109 cm³/mol. The zero-order chi connectivity index (χ0) is 20.1. The molecule has 0 radical (unpaired) electrons. The molecule has 3 atom stereocenters. The Morgan fingerprint density at radius 1 is 1.14 bits per heavy atom. The van der Waals surface area contributed by atoms with Crippen molar-refractivity contribution in [1.29, 1.82) is 0 Å². The summed E-state index contributed by atoms with van der Waals surface area (Å²) in [5.41, 5.74) is 2.68. The van der Waals surface area contributed by atoms with Crippen LogP contribution in [-0.2, 0) is 17.8 Å². The van der Waals surface area contributed by atoms with Gasteiger partial charge in [0.15, 0.2) is 0 Å². The molecular weight excluding hydrogens is 352 g/mol. The van der Waals surface area contributed by atoms with Gasteiger partial charge in [0.25, 0.3) is 5.91 Å². The fourth-order valence-corrected chi connectivity index (χ4v) is 3.78. The first-order chi connectivity index (χ1) is 13.5. The topological polar surface area (TPSA) is 69.6 Å². The number of amides is 2. The highest BCUT2D eigenvalue weighted by Crippen LogP contribution is 2.28. The molecule has 1 aliphatic heterocycles. The Labute approximate surface area is 166 Å². The van der Waals surface area contributed by atoms with Crippen LogP contribution >= 0.6 is 0 Å². The summed E-state index contributed by atoms with van der Waals surface area (Å²) in [6, 6.07) is 16.3. The van der Waals surface area contributed by atoms with Gasteiger partial charge >= 0.3 is 0 Å². The molecule has 0 unspecified atom stereocenters. The van der Waals surface area contributed by atoms with Crippen molar-refractivity contribution in [2.24, 2.45) is 5.92 Å². The molecule has 2 aromatic rings. The Bertz CT molecular complexity index is 822. The van der Waals surface area contributed by atoms with E-state index in [1.54, 1.807) is 4.90 Å². The van der Waals surface area contributed by atoms with Crippen LogP contribution in [0, 0.1) is 5.92 Å². The monoisotopic (exact) mass is 380 g/mol. The molecule has 0 fully saturated rings. The van der Waals surface area contributed by atoms with Gasteiger partial charge in [0.1, 0.15) is 6.04 Å². The molecule has 5 heteroatoms. The number of benzene rings is 2. The smallest absolute Gasteiger partial charge is 0.255 e. The van der Waals surface area contributed by atoms with Gasteiger partial charge in [0.05, 0.1) is 12.6 Å². The number of nitrogens with zero attached hydrogens (tertiary/aromatic N) is 1. The molecule has 3 rings (SSSR count). The molecule has 0 saturated carbocycles. The Morgan fingerprint density at radius 2 is 1.82 bits per heavy atom. The van der Waals surface area contributed by atoms with Crippen molar-refractivity contribution in [2.75, 3.05) is 6.61 Å². The number of aliphatic hydroxyl groups is 1. The summed E-state index contributed by atoms with van der Waals surface area (Å²) in [4.78, 5) is 27.7. The summed E-state index contributed by atoms with van der Waals surface area (Å²) >= 11 is 0. The van der Waals surface area contributed by atoms with Crippen LogP contribution in [0.4, 0.5) is 0 Å². The Hall–Kier alpha value is -2.66. The lowest BCUT2D eigenvalue weighted by atomic mass is 9.96. The number of fused-ring (bicyclic) bond motifs is 1. The number of carbonyl (C=O) groups excluding carboxylic acids is 2. The van der Waals surface area contributed by atoms with Crippen LogP contribution in [0.25, 0.3) is 0 Å². The lowest BCUT2D eigenvalue weighted by Gasteiger charge is -2.32. The van der Waals surface area contributed by atoms with Crippen molar-refractivity contribution in [3.63, 3.8) is 0 Å². The third-order valence-corrected chi connectivity index (χ3v) is 5.53. The maximum atomic E-state index is 13.2. The van der Waals surface area contributed by atoms with Gasteiger partial charge in [0.2, 0.25) is 5.91 Å². The van der Waals surface area contributed by atoms with E-state index in [9.17, 15) is 14.7 Å². The van der Waals surface area contributed by atoms with Crippen LogP contribution in [-0.4, -0.2) is 40.5 Å². The number of carbonyl (C=O) groups is 2. The van der Waals surface area contributed by atoms with Gasteiger partial charge in [-0.1, -0.05) is 68.8 Å². The standard InChI is InChI=1S/C23H28N2O3/c1-3-16(2)21(25-14-18-11-7-8-12-20(18)23(25)28)22(27)24-19(15-26)13-17-9-5-4-6-10-17/h4-12,16,19,21,26H,3,13-15H2,1-2H3,(H,24,27)/t16-,19-,21+/m0/s1. The number of hydrogen-bond acceptors (Lipinski definition) is 3. The van der Waals surface area contributed by atoms with Crippen LogP contribution in [0.3, 0.4) is 0 Å². The van der Waals surface area contributed by atoms with E-state index >= 15 is 0 Å². The van der Waals surface area contributed by atoms with Gasteiger partial charge in [-0.05, 0) is 29.5 Å². The molecule has 2 aromatic carbocycles. The number of rotatable bonds is 8. The van der Waals surface area contributed by atoms with Crippen LogP contribution < -0.4 is 5.32 Å². The van der Waals surface area contributed by atoms with Crippen molar-refractivity contribution in [3.8, 4) is 0 Å². The van der Waals surface area contributed by atoms with Gasteiger partial charge in [-0.25, -0.2) is 0 Å². The molecule has 5 nitrogen and oxygen atoms in total. The molecule has 1 aliphatic rings. The van der Waals surface area contributed by atoms with E-state index in [4.69, 9.17) is 0 Å². The van der Waals surface area contributed by atoms with E-state index in [1.807, 2.05) is 68.4 Å². The largest absolute Gasteiger partial charge is 0.394 e. The Morgan fingerprint density at radius 3 is 2.46 bits per heavy atom. The number of aliphatic hydroxyl groups excluding tert-OH is 1. The molecular formula is C23H28N2O3. The van der Waals surface area contributed by atoms with E-state index in [1.165, 1.54) is 0 Å². The van der Waals surface area contributed by atoms with Crippen LogP contribution in [0.5, 0.6) is 0 Å². The molecule has 0 spiro atoms. The molecule has 2 N–H and O–H groups in total. The molecule has 28 heavy (non-hydrogen) atoms. The van der Waals surface area contributed by atoms with Crippen molar-refractivity contribution in [1.82, 2.24) is 10.2 Å². The SMILES string of the molecule is CC[C@H](C)[C@H](C(=O)N[C@H](CO)Cc1ccccc1)N1Cc2ccccc2C1=O. The molecule has 148 valence electrons. The second-order valence-corrected chi connectivity index (χ2v) is 7.50. The van der Waals surface area contributed by atoms with E-state index in [0.717, 1.165) is 17.5 Å². The molecule has 2 amide bonds. The Balaban J connectivity index is 1.76. The molecule has 0 saturated heterocycles. The first-order valence-corrected chi connectivity index (χ1v) is 9.89. The minimum Gasteiger partial charge on any atom is -0.394 e. The minimum atomic E-state index is -0.560. The Kier molecular flexibility index (Phi) is 6.47. The van der Waals surface area contributed by atoms with E-state index in [-0.39, 0.29) is 30.4 Å². The van der Waals surface area contributed by atoms with Crippen LogP contribution in [0.2, 0.25) is 0 Å². The summed E-state index contributed by atoms with van der Waals surface area (Å²) in [6.07, 6.45) is 1.32. The number of hydrogen-bond donors (Lipinski definition) is 2. The van der Waals surface area contributed by atoms with Gasteiger partial charge in [0, 0.05) is 12.1 Å². The molecule has 0 bridgehead atoms. The van der Waals surface area contributed by atoms with E-state index in [2.05, 4.69) is 5.32 Å². The maximum Gasteiger partial charge on any atom is 0.255 e. The van der Waals surface area contributed by atoms with E-state index < -0.39 is 6.04 Å². The quantitative estimate of drug-likeness (QED) is 0.740. The van der Waals surface area contributed by atoms with Crippen LogP contribution in [0.15, 0.2) is 54.6 Å². The molecule has 1 heterocycles. The summed E-state index contributed by atoms with van der Waals surface area (Å²) in [6.45, 7) is 4.31. The van der Waals surface area contributed by atoms with Crippen molar-refractivity contribution in [2.45, 2.75) is 45.3 Å². The fraction of sp³-hybridized carbons (Fsp3) is 0.391. The summed E-state index contributed by atoms with van der Waals surface area (Å²) in [5.74, 6) is -0.292. The normalized spacial score (nSPS) is 16.4. The third-order valence-electron chi connectivity index (χ3n) is 5.53. The molecule has 0 aromatic heterocycles. The maximum absolute atomic E-state index is 13.2. The lowest BCUT2D eigenvalue weighted by molar-refractivity contribution is -0.128. The van der Waals surface area contributed by atoms with Crippen molar-refractivity contribution in [3.05, 3.63) is 71.3 Å². The third kappa shape index (κ3) is 4.25. The van der Waals surface area contributed by atoms with Gasteiger partial charge in [-0.3, -0.25) is 9.59 Å². The summed E-state index contributed by atoms with van der Waals surface area (Å²) in [7, 11) is 0. The highest BCUT2D eigenvalue weighted by Gasteiger charge is 2.39. The van der Waals surface area contributed by atoms with Gasteiger partial charge in [-0.2, -0.15) is 0 Å². The summed E-state index contributed by atoms with van der Waals surface area (Å²) < 4.78 is 0. The second kappa shape index (κ2) is 9.02. The average Bonchev–Trinajstić information content (AvgIpc) is 3.04. The first kappa shape index (κ1) is 20.1. The zero-order valence-corrected chi connectivity index (χ0v) is 16.5. The minimum absolute atomic E-state index is 0.00864. The molecule has 0 aliphatic carbocycles. The van der Waals surface area contributed by atoms with Crippen molar-refractivity contribution >= 4 is 11.8 Å². The highest BCUT2D eigenvalue weighted by atomic mass is 16.3. The van der Waals surface area contributed by atoms with Gasteiger partial charge < -0.3 is 15.3 Å². The van der Waals surface area contributed by atoms with Crippen LogP contribution in [0.1, 0.15) is 41.8 Å².